The first kappa shape index (κ1) is 19.8. The summed E-state index contributed by atoms with van der Waals surface area (Å²) in [4.78, 5) is 6.54. The molecule has 1 aliphatic rings. The lowest BCUT2D eigenvalue weighted by Gasteiger charge is -2.47. The fourth-order valence-corrected chi connectivity index (χ4v) is 4.52. The fraction of sp³-hybridized carbons (Fsp3) is 0.700. The predicted octanol–water partition coefficient (Wildman–Crippen LogP) is 3.72. The normalized spacial score (nSPS) is 23.5. The van der Waals surface area contributed by atoms with Gasteiger partial charge in [-0.15, -0.1) is 11.8 Å². The molecule has 1 fully saturated rings. The van der Waals surface area contributed by atoms with Crippen molar-refractivity contribution in [2.75, 3.05) is 31.9 Å². The molecular weight excluding hydrogens is 316 g/mol. The Balaban J connectivity index is 1.90. The first-order valence-electron chi connectivity index (χ1n) is 9.31. The molecule has 4 heteroatoms. The first-order valence-corrected chi connectivity index (χ1v) is 10.3. The van der Waals surface area contributed by atoms with Gasteiger partial charge in [0.25, 0.3) is 0 Å². The van der Waals surface area contributed by atoms with Crippen molar-refractivity contribution in [3.8, 4) is 0 Å². The molecule has 2 rings (SSSR count). The van der Waals surface area contributed by atoms with Crippen LogP contribution in [0, 0.1) is 0 Å². The molecule has 2 atom stereocenters. The Morgan fingerprint density at radius 2 is 1.62 bits per heavy atom. The van der Waals surface area contributed by atoms with Crippen LogP contribution in [0.3, 0.4) is 0 Å². The number of aliphatic hydroxyl groups is 1. The number of benzene rings is 1. The summed E-state index contributed by atoms with van der Waals surface area (Å²) in [5.41, 5.74) is -0.614. The molecule has 2 unspecified atom stereocenters. The largest absolute Gasteiger partial charge is 0.389 e. The lowest BCUT2D eigenvalue weighted by Crippen LogP contribution is -2.60. The van der Waals surface area contributed by atoms with E-state index in [0.717, 1.165) is 38.4 Å². The molecule has 24 heavy (non-hydrogen) atoms. The quantitative estimate of drug-likeness (QED) is 0.723. The van der Waals surface area contributed by atoms with Crippen LogP contribution in [0.1, 0.15) is 40.5 Å². The van der Waals surface area contributed by atoms with Crippen molar-refractivity contribution in [3.63, 3.8) is 0 Å². The van der Waals surface area contributed by atoms with Crippen molar-refractivity contribution in [2.24, 2.45) is 0 Å². The summed E-state index contributed by atoms with van der Waals surface area (Å²) >= 11 is 1.95. The van der Waals surface area contributed by atoms with Crippen LogP contribution in [0.2, 0.25) is 0 Å². The van der Waals surface area contributed by atoms with Gasteiger partial charge in [-0.2, -0.15) is 0 Å². The Kier molecular flexibility index (Phi) is 7.60. The highest BCUT2D eigenvalue weighted by Gasteiger charge is 2.33. The molecule has 1 aromatic rings. The number of rotatable bonds is 8. The molecule has 0 radical (unpaired) electrons. The van der Waals surface area contributed by atoms with Crippen LogP contribution in [-0.4, -0.2) is 64.5 Å². The maximum absolute atomic E-state index is 10.2. The summed E-state index contributed by atoms with van der Waals surface area (Å²) in [6, 6.07) is 11.8. The van der Waals surface area contributed by atoms with Gasteiger partial charge in [-0.25, -0.2) is 0 Å². The fourth-order valence-electron chi connectivity index (χ4n) is 3.61. The highest BCUT2D eigenvalue weighted by Crippen LogP contribution is 2.23. The maximum Gasteiger partial charge on any atom is 0.0718 e. The lowest BCUT2D eigenvalue weighted by atomic mass is 9.99. The van der Waals surface area contributed by atoms with Crippen LogP contribution >= 0.6 is 11.8 Å². The zero-order chi connectivity index (χ0) is 17.6. The minimum Gasteiger partial charge on any atom is -0.389 e. The van der Waals surface area contributed by atoms with Gasteiger partial charge in [0.2, 0.25) is 0 Å². The van der Waals surface area contributed by atoms with Crippen molar-refractivity contribution in [1.29, 1.82) is 0 Å². The van der Waals surface area contributed by atoms with Gasteiger partial charge in [-0.1, -0.05) is 32.0 Å². The van der Waals surface area contributed by atoms with E-state index in [0.29, 0.717) is 12.1 Å². The molecule has 0 bridgehead atoms. The molecular formula is C20H34N2OS. The number of hydrogen-bond acceptors (Lipinski definition) is 4. The van der Waals surface area contributed by atoms with E-state index in [-0.39, 0.29) is 0 Å². The summed E-state index contributed by atoms with van der Waals surface area (Å²) < 4.78 is 0. The summed E-state index contributed by atoms with van der Waals surface area (Å²) in [6.45, 7) is 12.5. The minimum absolute atomic E-state index is 0.556. The number of hydrogen-bond donors (Lipinski definition) is 1. The van der Waals surface area contributed by atoms with Gasteiger partial charge in [-0.3, -0.25) is 9.80 Å². The van der Waals surface area contributed by atoms with Gasteiger partial charge >= 0.3 is 0 Å². The van der Waals surface area contributed by atoms with Crippen LogP contribution in [-0.2, 0) is 0 Å². The molecule has 1 aliphatic heterocycles. The molecule has 0 aliphatic carbocycles. The second-order valence-corrected chi connectivity index (χ2v) is 8.69. The molecule has 3 nitrogen and oxygen atoms in total. The van der Waals surface area contributed by atoms with E-state index >= 15 is 0 Å². The average molecular weight is 351 g/mol. The van der Waals surface area contributed by atoms with Crippen LogP contribution < -0.4 is 0 Å². The molecule has 0 spiro atoms. The molecule has 1 heterocycles. The molecule has 1 aromatic carbocycles. The van der Waals surface area contributed by atoms with E-state index in [1.165, 1.54) is 11.3 Å². The number of thioether (sulfide) groups is 1. The number of nitrogens with zero attached hydrogens (tertiary/aromatic N) is 2. The van der Waals surface area contributed by atoms with Crippen molar-refractivity contribution in [3.05, 3.63) is 30.3 Å². The smallest absolute Gasteiger partial charge is 0.0718 e. The lowest BCUT2D eigenvalue weighted by molar-refractivity contribution is -0.0281. The second kappa shape index (κ2) is 9.23. The standard InChI is InChI=1S/C20H34N2OS/c1-5-17-15-22(16-20(3,4)23)18(6-2)14-21(17)12-13-24-19-10-8-7-9-11-19/h7-11,17-18,23H,5-6,12-16H2,1-4H3. The van der Waals surface area contributed by atoms with Gasteiger partial charge in [-0.05, 0) is 38.8 Å². The molecule has 1 saturated heterocycles. The first-order chi connectivity index (χ1) is 11.4. The molecule has 0 amide bonds. The number of β-amino-alcohol motifs (C(OH)–C–C–N with tert-alkyl or cyclic N) is 1. The zero-order valence-corrected chi connectivity index (χ0v) is 16.6. The molecule has 1 N–H and O–H groups in total. The van der Waals surface area contributed by atoms with Gasteiger partial charge in [0.1, 0.15) is 0 Å². The third-order valence-electron chi connectivity index (χ3n) is 4.85. The van der Waals surface area contributed by atoms with E-state index in [2.05, 4.69) is 54.0 Å². The third kappa shape index (κ3) is 6.07. The minimum atomic E-state index is -0.614. The zero-order valence-electron chi connectivity index (χ0n) is 15.7. The van der Waals surface area contributed by atoms with E-state index in [4.69, 9.17) is 0 Å². The Morgan fingerprint density at radius 1 is 1.04 bits per heavy atom. The molecule has 0 saturated carbocycles. The van der Waals surface area contributed by atoms with Crippen LogP contribution in [0.25, 0.3) is 0 Å². The van der Waals surface area contributed by atoms with Gasteiger partial charge in [0, 0.05) is 48.9 Å². The Bertz CT molecular complexity index is 474. The van der Waals surface area contributed by atoms with Gasteiger partial charge in [0.05, 0.1) is 5.60 Å². The Hall–Kier alpha value is -0.550. The van der Waals surface area contributed by atoms with Crippen molar-refractivity contribution >= 4 is 11.8 Å². The predicted molar refractivity (Wildman–Crippen MR) is 105 cm³/mol. The van der Waals surface area contributed by atoms with E-state index in [9.17, 15) is 5.11 Å². The van der Waals surface area contributed by atoms with Crippen LogP contribution in [0.15, 0.2) is 35.2 Å². The van der Waals surface area contributed by atoms with Crippen LogP contribution in [0.5, 0.6) is 0 Å². The highest BCUT2D eigenvalue weighted by atomic mass is 32.2. The molecule has 136 valence electrons. The van der Waals surface area contributed by atoms with Gasteiger partial charge in [0.15, 0.2) is 0 Å². The maximum atomic E-state index is 10.2. The number of piperazine rings is 1. The topological polar surface area (TPSA) is 26.7 Å². The van der Waals surface area contributed by atoms with E-state index < -0.39 is 5.60 Å². The van der Waals surface area contributed by atoms with Crippen LogP contribution in [0.4, 0.5) is 0 Å². The summed E-state index contributed by atoms with van der Waals surface area (Å²) in [5.74, 6) is 1.14. The Labute approximate surface area is 152 Å². The van der Waals surface area contributed by atoms with Crippen molar-refractivity contribution in [1.82, 2.24) is 9.80 Å². The summed E-state index contributed by atoms with van der Waals surface area (Å²) in [6.07, 6.45) is 2.32. The summed E-state index contributed by atoms with van der Waals surface area (Å²) in [5, 5.41) is 10.2. The average Bonchev–Trinajstić information content (AvgIpc) is 2.55. The van der Waals surface area contributed by atoms with E-state index in [1.807, 2.05) is 25.6 Å². The molecule has 0 aromatic heterocycles. The highest BCUT2D eigenvalue weighted by molar-refractivity contribution is 7.99. The van der Waals surface area contributed by atoms with Crippen molar-refractivity contribution in [2.45, 2.75) is 63.1 Å². The third-order valence-corrected chi connectivity index (χ3v) is 5.84. The van der Waals surface area contributed by atoms with E-state index in [1.54, 1.807) is 0 Å². The monoisotopic (exact) mass is 350 g/mol. The Morgan fingerprint density at radius 3 is 2.21 bits per heavy atom. The van der Waals surface area contributed by atoms with Crippen molar-refractivity contribution < 1.29 is 5.11 Å². The second-order valence-electron chi connectivity index (χ2n) is 7.52. The summed E-state index contributed by atoms with van der Waals surface area (Å²) in [7, 11) is 0. The van der Waals surface area contributed by atoms with Gasteiger partial charge < -0.3 is 5.11 Å². The SMILES string of the molecule is CCC1CN(CC(C)(C)O)C(CC)CN1CCSc1ccccc1.